The molecule has 0 unspecified atom stereocenters. The number of hydrogen-bond acceptors (Lipinski definition) is 5. The molecule has 128 valence electrons. The first-order chi connectivity index (χ1) is 12.2. The molecule has 0 saturated carbocycles. The van der Waals surface area contributed by atoms with Gasteiger partial charge in [0.2, 0.25) is 0 Å². The van der Waals surface area contributed by atoms with Crippen molar-refractivity contribution in [2.75, 3.05) is 14.2 Å². The maximum atomic E-state index is 10.5. The van der Waals surface area contributed by atoms with Gasteiger partial charge in [-0.25, -0.2) is 0 Å². The summed E-state index contributed by atoms with van der Waals surface area (Å²) < 4.78 is 11.1. The van der Waals surface area contributed by atoms with E-state index in [0.29, 0.717) is 16.4 Å². The summed E-state index contributed by atoms with van der Waals surface area (Å²) >= 11 is 3.01. The van der Waals surface area contributed by atoms with E-state index in [-0.39, 0.29) is 5.75 Å². The van der Waals surface area contributed by atoms with Gasteiger partial charge < -0.3 is 14.6 Å². The van der Waals surface area contributed by atoms with Gasteiger partial charge in [-0.3, -0.25) is 0 Å². The minimum atomic E-state index is 0.139. The average molecular weight is 370 g/mol. The predicted molar refractivity (Wildman–Crippen MR) is 102 cm³/mol. The van der Waals surface area contributed by atoms with Crippen LogP contribution in [-0.2, 0) is 0 Å². The Bertz CT molecular complexity index is 837. The van der Waals surface area contributed by atoms with Crippen LogP contribution in [0.15, 0.2) is 86.3 Å². The fraction of sp³-hybridized carbons (Fsp3) is 0.100. The lowest BCUT2D eigenvalue weighted by Gasteiger charge is -2.17. The molecular weight excluding hydrogens is 352 g/mol. The minimum Gasteiger partial charge on any atom is -0.506 e. The number of phenolic OH excluding ortho intramolecular Hbond substituents is 1. The molecule has 1 N–H and O–H groups in total. The van der Waals surface area contributed by atoms with E-state index >= 15 is 0 Å². The molecule has 0 aromatic heterocycles. The highest BCUT2D eigenvalue weighted by Gasteiger charge is 2.21. The van der Waals surface area contributed by atoms with E-state index in [0.717, 1.165) is 14.7 Å². The second-order valence-corrected chi connectivity index (χ2v) is 7.29. The SMILES string of the molecule is COc1cc(O)c(Sc2ccccc2)c(OC)c1Sc1ccccc1. The molecule has 5 heteroatoms. The van der Waals surface area contributed by atoms with Crippen LogP contribution in [0.5, 0.6) is 17.2 Å². The largest absolute Gasteiger partial charge is 0.506 e. The van der Waals surface area contributed by atoms with Crippen LogP contribution in [0, 0.1) is 0 Å². The summed E-state index contributed by atoms with van der Waals surface area (Å²) in [6.07, 6.45) is 0. The van der Waals surface area contributed by atoms with Crippen molar-refractivity contribution in [1.82, 2.24) is 0 Å². The lowest BCUT2D eigenvalue weighted by Crippen LogP contribution is -1.95. The van der Waals surface area contributed by atoms with Crippen molar-refractivity contribution in [3.05, 3.63) is 66.7 Å². The van der Waals surface area contributed by atoms with E-state index in [1.807, 2.05) is 60.7 Å². The van der Waals surface area contributed by atoms with Crippen LogP contribution < -0.4 is 9.47 Å². The fourth-order valence-corrected chi connectivity index (χ4v) is 4.42. The molecule has 0 amide bonds. The first-order valence-electron chi connectivity index (χ1n) is 7.66. The van der Waals surface area contributed by atoms with Crippen molar-refractivity contribution < 1.29 is 14.6 Å². The van der Waals surface area contributed by atoms with E-state index in [1.54, 1.807) is 32.0 Å². The van der Waals surface area contributed by atoms with Crippen molar-refractivity contribution in [1.29, 1.82) is 0 Å². The maximum Gasteiger partial charge on any atom is 0.154 e. The minimum absolute atomic E-state index is 0.139. The Kier molecular flexibility index (Phi) is 5.79. The first-order valence-corrected chi connectivity index (χ1v) is 9.30. The summed E-state index contributed by atoms with van der Waals surface area (Å²) in [6, 6.07) is 21.5. The molecule has 3 nitrogen and oxygen atoms in total. The van der Waals surface area contributed by atoms with Crippen molar-refractivity contribution in [2.45, 2.75) is 19.6 Å². The van der Waals surface area contributed by atoms with Crippen molar-refractivity contribution in [2.24, 2.45) is 0 Å². The first kappa shape index (κ1) is 17.6. The van der Waals surface area contributed by atoms with Crippen LogP contribution in [0.1, 0.15) is 0 Å². The monoisotopic (exact) mass is 370 g/mol. The summed E-state index contributed by atoms with van der Waals surface area (Å²) in [6.45, 7) is 0. The van der Waals surface area contributed by atoms with Crippen LogP contribution >= 0.6 is 23.5 Å². The Hall–Kier alpha value is -2.24. The molecule has 0 saturated heterocycles. The van der Waals surface area contributed by atoms with Gasteiger partial charge in [0.05, 0.1) is 24.0 Å². The van der Waals surface area contributed by atoms with Gasteiger partial charge in [0.25, 0.3) is 0 Å². The molecule has 0 bridgehead atoms. The molecule has 25 heavy (non-hydrogen) atoms. The Labute approximate surface area is 156 Å². The summed E-state index contributed by atoms with van der Waals surface area (Å²) in [5.74, 6) is 1.33. The highest BCUT2D eigenvalue weighted by molar-refractivity contribution is 8.00. The molecule has 0 aliphatic rings. The third-order valence-corrected chi connectivity index (χ3v) is 5.69. The van der Waals surface area contributed by atoms with E-state index in [1.165, 1.54) is 11.8 Å². The van der Waals surface area contributed by atoms with Gasteiger partial charge in [0.15, 0.2) is 5.75 Å². The number of ether oxygens (including phenoxy) is 2. The third-order valence-electron chi connectivity index (χ3n) is 3.49. The van der Waals surface area contributed by atoms with Gasteiger partial charge in [-0.1, -0.05) is 59.9 Å². The number of phenols is 1. The molecule has 0 heterocycles. The standard InChI is InChI=1S/C20H18O3S2/c1-22-17-13-16(21)19(24-14-9-5-3-6-10-14)18(23-2)20(17)25-15-11-7-4-8-12-15/h3-13,21H,1-2H3. The highest BCUT2D eigenvalue weighted by atomic mass is 32.2. The number of hydrogen-bond donors (Lipinski definition) is 1. The zero-order chi connectivity index (χ0) is 17.6. The Morgan fingerprint density at radius 3 is 1.72 bits per heavy atom. The quantitative estimate of drug-likeness (QED) is 0.601. The normalized spacial score (nSPS) is 10.5. The summed E-state index contributed by atoms with van der Waals surface area (Å²) in [4.78, 5) is 3.61. The Morgan fingerprint density at radius 1 is 0.720 bits per heavy atom. The fourth-order valence-electron chi connectivity index (χ4n) is 2.33. The smallest absolute Gasteiger partial charge is 0.154 e. The van der Waals surface area contributed by atoms with Gasteiger partial charge in [0.1, 0.15) is 11.5 Å². The zero-order valence-electron chi connectivity index (χ0n) is 13.9. The van der Waals surface area contributed by atoms with Gasteiger partial charge in [-0.2, -0.15) is 0 Å². The van der Waals surface area contributed by atoms with E-state index in [4.69, 9.17) is 9.47 Å². The molecule has 3 aromatic carbocycles. The number of benzene rings is 3. The molecule has 3 aromatic rings. The van der Waals surface area contributed by atoms with E-state index < -0.39 is 0 Å². The second kappa shape index (κ2) is 8.23. The summed E-state index contributed by atoms with van der Waals surface area (Å²) in [5, 5.41) is 10.5. The Balaban J connectivity index is 2.07. The number of methoxy groups -OCH3 is 2. The molecule has 3 rings (SSSR count). The average Bonchev–Trinajstić information content (AvgIpc) is 2.66. The molecule has 0 aliphatic heterocycles. The zero-order valence-corrected chi connectivity index (χ0v) is 15.6. The maximum absolute atomic E-state index is 10.5. The van der Waals surface area contributed by atoms with Crippen molar-refractivity contribution in [3.63, 3.8) is 0 Å². The van der Waals surface area contributed by atoms with Crippen LogP contribution in [0.3, 0.4) is 0 Å². The lowest BCUT2D eigenvalue weighted by molar-refractivity contribution is 0.356. The number of aromatic hydroxyl groups is 1. The second-order valence-electron chi connectivity index (χ2n) is 5.12. The summed E-state index contributed by atoms with van der Waals surface area (Å²) in [7, 11) is 3.20. The van der Waals surface area contributed by atoms with E-state index in [2.05, 4.69) is 0 Å². The van der Waals surface area contributed by atoms with Crippen LogP contribution in [-0.4, -0.2) is 19.3 Å². The molecule has 0 aliphatic carbocycles. The van der Waals surface area contributed by atoms with Gasteiger partial charge in [-0.05, 0) is 24.3 Å². The van der Waals surface area contributed by atoms with Crippen molar-refractivity contribution in [3.8, 4) is 17.2 Å². The predicted octanol–water partition coefficient (Wildman–Crippen LogP) is 5.71. The summed E-state index contributed by atoms with van der Waals surface area (Å²) in [5.41, 5.74) is 0. The van der Waals surface area contributed by atoms with Gasteiger partial charge in [0, 0.05) is 15.9 Å². The van der Waals surface area contributed by atoms with Gasteiger partial charge in [-0.15, -0.1) is 0 Å². The topological polar surface area (TPSA) is 38.7 Å². The van der Waals surface area contributed by atoms with Gasteiger partial charge >= 0.3 is 0 Å². The third kappa shape index (κ3) is 4.06. The molecular formula is C20H18O3S2. The molecule has 0 fully saturated rings. The van der Waals surface area contributed by atoms with Crippen molar-refractivity contribution >= 4 is 23.5 Å². The number of rotatable bonds is 6. The molecule has 0 spiro atoms. The molecule has 0 atom stereocenters. The Morgan fingerprint density at radius 2 is 1.24 bits per heavy atom. The lowest BCUT2D eigenvalue weighted by atomic mass is 10.3. The van der Waals surface area contributed by atoms with E-state index in [9.17, 15) is 5.11 Å². The van der Waals surface area contributed by atoms with Crippen LogP contribution in [0.25, 0.3) is 0 Å². The highest BCUT2D eigenvalue weighted by Crippen LogP contribution is 2.51. The van der Waals surface area contributed by atoms with Crippen LogP contribution in [0.2, 0.25) is 0 Å². The molecule has 0 radical (unpaired) electrons. The van der Waals surface area contributed by atoms with Crippen LogP contribution in [0.4, 0.5) is 0 Å².